The summed E-state index contributed by atoms with van der Waals surface area (Å²) in [6.07, 6.45) is 1.63. The van der Waals surface area contributed by atoms with E-state index in [1.165, 1.54) is 11.8 Å². The highest BCUT2D eigenvalue weighted by Crippen LogP contribution is 2.29. The van der Waals surface area contributed by atoms with E-state index in [0.29, 0.717) is 5.75 Å². The molecular formula is C20H18BrN3OS. The van der Waals surface area contributed by atoms with Crippen molar-refractivity contribution in [3.05, 3.63) is 69.8 Å². The zero-order valence-electron chi connectivity index (χ0n) is 14.5. The van der Waals surface area contributed by atoms with Crippen LogP contribution in [0.15, 0.2) is 63.0 Å². The molecule has 1 aromatic heterocycles. The Hall–Kier alpha value is -2.18. The first kappa shape index (κ1) is 18.6. The number of para-hydroxylation sites is 1. The minimum absolute atomic E-state index is 0.140. The van der Waals surface area contributed by atoms with Crippen LogP contribution in [0.5, 0.6) is 0 Å². The first-order valence-corrected chi connectivity index (χ1v) is 9.88. The molecule has 1 N–H and O–H groups in total. The lowest BCUT2D eigenvalue weighted by Crippen LogP contribution is -2.19. The molecule has 26 heavy (non-hydrogen) atoms. The second-order valence-corrected chi connectivity index (χ2v) is 7.80. The molecule has 132 valence electrons. The van der Waals surface area contributed by atoms with Gasteiger partial charge in [-0.25, -0.2) is 5.43 Å². The van der Waals surface area contributed by atoms with Crippen LogP contribution in [0.25, 0.3) is 10.9 Å². The lowest BCUT2D eigenvalue weighted by atomic mass is 10.1. The van der Waals surface area contributed by atoms with Crippen molar-refractivity contribution in [3.63, 3.8) is 0 Å². The van der Waals surface area contributed by atoms with Crippen LogP contribution < -0.4 is 5.43 Å². The molecule has 3 aromatic rings. The van der Waals surface area contributed by atoms with Gasteiger partial charge in [0.05, 0.1) is 17.5 Å². The number of carbonyl (C=O) groups excluding carboxylic acids is 1. The third kappa shape index (κ3) is 4.71. The van der Waals surface area contributed by atoms with Gasteiger partial charge >= 0.3 is 0 Å². The van der Waals surface area contributed by atoms with E-state index in [0.717, 1.165) is 37.1 Å². The number of hydrogen-bond donors (Lipinski definition) is 1. The predicted octanol–water partition coefficient (Wildman–Crippen LogP) is 4.86. The monoisotopic (exact) mass is 427 g/mol. The molecule has 0 saturated carbocycles. The van der Waals surface area contributed by atoms with Crippen LogP contribution >= 0.6 is 27.7 Å². The molecule has 6 heteroatoms. The molecule has 0 unspecified atom stereocenters. The molecular weight excluding hydrogens is 410 g/mol. The molecule has 3 rings (SSSR count). The Bertz CT molecular complexity index is 971. The quantitative estimate of drug-likeness (QED) is 0.359. The van der Waals surface area contributed by atoms with E-state index in [1.54, 1.807) is 6.21 Å². The zero-order valence-corrected chi connectivity index (χ0v) is 16.9. The normalized spacial score (nSPS) is 11.2. The summed E-state index contributed by atoms with van der Waals surface area (Å²) >= 11 is 4.88. The van der Waals surface area contributed by atoms with Gasteiger partial charge in [0, 0.05) is 20.4 Å². The largest absolute Gasteiger partial charge is 0.272 e. The maximum Gasteiger partial charge on any atom is 0.250 e. The van der Waals surface area contributed by atoms with Crippen molar-refractivity contribution >= 4 is 50.7 Å². The fraction of sp³-hybridized carbons (Fsp3) is 0.150. The summed E-state index contributed by atoms with van der Waals surface area (Å²) in [6, 6.07) is 15.8. The minimum Gasteiger partial charge on any atom is -0.272 e. The Morgan fingerprint density at radius 3 is 2.77 bits per heavy atom. The number of amides is 1. The van der Waals surface area contributed by atoms with E-state index in [9.17, 15) is 4.79 Å². The molecule has 1 amide bonds. The fourth-order valence-electron chi connectivity index (χ4n) is 2.50. The Balaban J connectivity index is 1.64. The Morgan fingerprint density at radius 1 is 1.23 bits per heavy atom. The van der Waals surface area contributed by atoms with Crippen molar-refractivity contribution < 1.29 is 4.79 Å². The standard InChI is InChI=1S/C20H18BrN3OS/c1-13-4-3-5-17-18(10-14(2)23-20(13)17)26-12-19(25)24-22-11-15-6-8-16(21)9-7-15/h3-11H,12H2,1-2H3,(H,24,25). The lowest BCUT2D eigenvalue weighted by molar-refractivity contribution is -0.118. The third-order valence-electron chi connectivity index (χ3n) is 3.76. The van der Waals surface area contributed by atoms with Crippen LogP contribution in [0.3, 0.4) is 0 Å². The van der Waals surface area contributed by atoms with Crippen LogP contribution in [0.1, 0.15) is 16.8 Å². The van der Waals surface area contributed by atoms with Gasteiger partial charge in [0.1, 0.15) is 0 Å². The van der Waals surface area contributed by atoms with Gasteiger partial charge in [0.25, 0.3) is 0 Å². The summed E-state index contributed by atoms with van der Waals surface area (Å²) in [4.78, 5) is 17.7. The van der Waals surface area contributed by atoms with E-state index >= 15 is 0 Å². The SMILES string of the molecule is Cc1cc(SCC(=O)NN=Cc2ccc(Br)cc2)c2cccc(C)c2n1. The number of pyridine rings is 1. The third-order valence-corrected chi connectivity index (χ3v) is 5.35. The molecule has 0 aliphatic carbocycles. The number of aromatic nitrogens is 1. The number of benzene rings is 2. The highest BCUT2D eigenvalue weighted by atomic mass is 79.9. The van der Waals surface area contributed by atoms with Crippen molar-refractivity contribution in [2.45, 2.75) is 18.7 Å². The predicted molar refractivity (Wildman–Crippen MR) is 112 cm³/mol. The Morgan fingerprint density at radius 2 is 2.00 bits per heavy atom. The van der Waals surface area contributed by atoms with Crippen molar-refractivity contribution in [2.75, 3.05) is 5.75 Å². The number of carbonyl (C=O) groups is 1. The van der Waals surface area contributed by atoms with Crippen LogP contribution in [0.2, 0.25) is 0 Å². The van der Waals surface area contributed by atoms with Gasteiger partial charge in [-0.2, -0.15) is 5.10 Å². The van der Waals surface area contributed by atoms with Gasteiger partial charge in [-0.05, 0) is 43.2 Å². The fourth-order valence-corrected chi connectivity index (χ4v) is 3.69. The Labute approximate surface area is 165 Å². The molecule has 0 saturated heterocycles. The maximum atomic E-state index is 12.1. The van der Waals surface area contributed by atoms with Crippen LogP contribution in [0, 0.1) is 13.8 Å². The maximum absolute atomic E-state index is 12.1. The summed E-state index contributed by atoms with van der Waals surface area (Å²) in [6.45, 7) is 4.02. The number of aryl methyl sites for hydroxylation is 2. The summed E-state index contributed by atoms with van der Waals surface area (Å²) in [5.41, 5.74) is 6.57. The van der Waals surface area contributed by atoms with E-state index < -0.39 is 0 Å². The van der Waals surface area contributed by atoms with Crippen LogP contribution in [-0.2, 0) is 4.79 Å². The lowest BCUT2D eigenvalue weighted by Gasteiger charge is -2.09. The zero-order chi connectivity index (χ0) is 18.5. The molecule has 0 spiro atoms. The molecule has 0 aliphatic heterocycles. The van der Waals surface area contributed by atoms with Crippen LogP contribution in [0.4, 0.5) is 0 Å². The molecule has 1 heterocycles. The number of hydrogen-bond acceptors (Lipinski definition) is 4. The van der Waals surface area contributed by atoms with Crippen molar-refractivity contribution in [1.29, 1.82) is 0 Å². The van der Waals surface area contributed by atoms with Crippen LogP contribution in [-0.4, -0.2) is 22.9 Å². The van der Waals surface area contributed by atoms with Crippen molar-refractivity contribution in [3.8, 4) is 0 Å². The summed E-state index contributed by atoms with van der Waals surface area (Å²) < 4.78 is 1.00. The second-order valence-electron chi connectivity index (χ2n) is 5.87. The van der Waals surface area contributed by atoms with E-state index in [1.807, 2.05) is 62.4 Å². The average molecular weight is 428 g/mol. The summed E-state index contributed by atoms with van der Waals surface area (Å²) in [5, 5.41) is 5.09. The van der Waals surface area contributed by atoms with Gasteiger partial charge in [-0.1, -0.05) is 46.3 Å². The minimum atomic E-state index is -0.140. The van der Waals surface area contributed by atoms with E-state index in [2.05, 4.69) is 31.4 Å². The van der Waals surface area contributed by atoms with Crippen molar-refractivity contribution in [1.82, 2.24) is 10.4 Å². The number of thioether (sulfide) groups is 1. The van der Waals surface area contributed by atoms with Gasteiger partial charge in [-0.15, -0.1) is 11.8 Å². The highest BCUT2D eigenvalue weighted by Gasteiger charge is 2.08. The topological polar surface area (TPSA) is 54.4 Å². The van der Waals surface area contributed by atoms with Gasteiger partial charge in [-0.3, -0.25) is 9.78 Å². The second kappa shape index (κ2) is 8.47. The number of halogens is 1. The Kier molecular flexibility index (Phi) is 6.06. The number of nitrogens with zero attached hydrogens (tertiary/aromatic N) is 2. The average Bonchev–Trinajstić information content (AvgIpc) is 2.62. The first-order valence-electron chi connectivity index (χ1n) is 8.10. The smallest absolute Gasteiger partial charge is 0.250 e. The molecule has 0 bridgehead atoms. The number of hydrazone groups is 1. The molecule has 2 aromatic carbocycles. The molecule has 4 nitrogen and oxygen atoms in total. The molecule has 0 radical (unpaired) electrons. The number of rotatable bonds is 5. The molecule has 0 fully saturated rings. The summed E-state index contributed by atoms with van der Waals surface area (Å²) in [5.74, 6) is 0.156. The van der Waals surface area contributed by atoms with E-state index in [4.69, 9.17) is 0 Å². The highest BCUT2D eigenvalue weighted by molar-refractivity contribution is 9.10. The summed E-state index contributed by atoms with van der Waals surface area (Å²) in [7, 11) is 0. The van der Waals surface area contributed by atoms with Gasteiger partial charge in [0.15, 0.2) is 0 Å². The first-order chi connectivity index (χ1) is 12.5. The number of fused-ring (bicyclic) bond motifs is 1. The molecule has 0 atom stereocenters. The van der Waals surface area contributed by atoms with Gasteiger partial charge in [0.2, 0.25) is 5.91 Å². The van der Waals surface area contributed by atoms with E-state index in [-0.39, 0.29) is 5.91 Å². The van der Waals surface area contributed by atoms with Gasteiger partial charge < -0.3 is 0 Å². The number of nitrogens with one attached hydrogen (secondary N) is 1. The van der Waals surface area contributed by atoms with Crippen molar-refractivity contribution in [2.24, 2.45) is 5.10 Å². The molecule has 0 aliphatic rings.